The second-order valence-corrected chi connectivity index (χ2v) is 10.4. The molecule has 1 aliphatic carbocycles. The molecule has 1 amide bonds. The van der Waals surface area contributed by atoms with Crippen LogP contribution in [0.2, 0.25) is 5.02 Å². The van der Waals surface area contributed by atoms with Gasteiger partial charge in [0.25, 0.3) is 5.91 Å². The molecule has 176 valence electrons. The molecule has 0 saturated heterocycles. The molecule has 6 heteroatoms. The maximum atomic E-state index is 15.0. The Morgan fingerprint density at radius 2 is 1.74 bits per heavy atom. The van der Waals surface area contributed by atoms with Crippen molar-refractivity contribution in [2.75, 3.05) is 0 Å². The zero-order valence-electron chi connectivity index (χ0n) is 19.1. The Morgan fingerprint density at radius 3 is 2.46 bits per heavy atom. The van der Waals surface area contributed by atoms with Gasteiger partial charge in [-0.2, -0.15) is 5.26 Å². The lowest BCUT2D eigenvalue weighted by Crippen LogP contribution is -2.41. The van der Waals surface area contributed by atoms with Crippen LogP contribution in [0.15, 0.2) is 66.7 Å². The molecule has 1 saturated carbocycles. The van der Waals surface area contributed by atoms with Gasteiger partial charge in [0.2, 0.25) is 0 Å². The van der Waals surface area contributed by atoms with Crippen LogP contribution < -0.4 is 0 Å². The van der Waals surface area contributed by atoms with Gasteiger partial charge in [0.05, 0.1) is 16.7 Å². The van der Waals surface area contributed by atoms with Crippen molar-refractivity contribution >= 4 is 38.9 Å². The summed E-state index contributed by atoms with van der Waals surface area (Å²) in [5.74, 6) is -0.468. The molecule has 35 heavy (non-hydrogen) atoms. The highest BCUT2D eigenvalue weighted by molar-refractivity contribution is 7.21. The van der Waals surface area contributed by atoms with Crippen LogP contribution in [-0.4, -0.2) is 16.8 Å². The fourth-order valence-electron chi connectivity index (χ4n) is 4.84. The van der Waals surface area contributed by atoms with E-state index in [0.717, 1.165) is 53.3 Å². The first kappa shape index (κ1) is 23.5. The molecule has 1 aliphatic rings. The standard InChI is InChI=1S/C29H24ClFN2OS/c30-27-24-8-4-5-9-26(24)35-28(27)29(34)33(23-6-2-1-3-7-23)18-22-16-21(14-15-25(22)31)20-12-10-19(17-32)11-13-20/h4-5,8-16,23H,1-3,6-7,18H2. The number of amides is 1. The molecule has 5 rings (SSSR count). The first-order valence-electron chi connectivity index (χ1n) is 11.8. The molecule has 4 aromatic rings. The Bertz CT molecular complexity index is 1420. The summed E-state index contributed by atoms with van der Waals surface area (Å²) in [6.07, 6.45) is 5.09. The molecule has 0 spiro atoms. The summed E-state index contributed by atoms with van der Waals surface area (Å²) in [6.45, 7) is 0.185. The van der Waals surface area contributed by atoms with Crippen molar-refractivity contribution < 1.29 is 9.18 Å². The number of thiophene rings is 1. The van der Waals surface area contributed by atoms with Crippen molar-refractivity contribution in [3.63, 3.8) is 0 Å². The number of hydrogen-bond donors (Lipinski definition) is 0. The van der Waals surface area contributed by atoms with E-state index in [1.165, 1.54) is 17.4 Å². The number of halogens is 2. The highest BCUT2D eigenvalue weighted by Crippen LogP contribution is 2.37. The molecule has 0 atom stereocenters. The van der Waals surface area contributed by atoms with Crippen molar-refractivity contribution in [3.05, 3.63) is 93.6 Å². The average Bonchev–Trinajstić information content (AvgIpc) is 3.25. The van der Waals surface area contributed by atoms with E-state index in [9.17, 15) is 4.79 Å². The Morgan fingerprint density at radius 1 is 1.03 bits per heavy atom. The normalized spacial score (nSPS) is 14.1. The van der Waals surface area contributed by atoms with Crippen LogP contribution >= 0.6 is 22.9 Å². The Hall–Kier alpha value is -3.20. The van der Waals surface area contributed by atoms with E-state index < -0.39 is 0 Å². The Balaban J connectivity index is 1.51. The van der Waals surface area contributed by atoms with Gasteiger partial charge in [-0.1, -0.05) is 67.3 Å². The number of carbonyl (C=O) groups is 1. The van der Waals surface area contributed by atoms with Crippen LogP contribution in [0.4, 0.5) is 4.39 Å². The summed E-state index contributed by atoms with van der Waals surface area (Å²) in [4.78, 5) is 16.2. The zero-order valence-corrected chi connectivity index (χ0v) is 20.7. The van der Waals surface area contributed by atoms with Gasteiger partial charge in [0, 0.05) is 28.2 Å². The van der Waals surface area contributed by atoms with E-state index in [2.05, 4.69) is 6.07 Å². The summed E-state index contributed by atoms with van der Waals surface area (Å²) in [7, 11) is 0. The quantitative estimate of drug-likeness (QED) is 0.276. The van der Waals surface area contributed by atoms with E-state index in [1.807, 2.05) is 47.4 Å². The third-order valence-electron chi connectivity index (χ3n) is 6.74. The molecule has 0 N–H and O–H groups in total. The third kappa shape index (κ3) is 4.82. The van der Waals surface area contributed by atoms with Gasteiger partial charge in [0.15, 0.2) is 0 Å². The van der Waals surface area contributed by atoms with Gasteiger partial charge >= 0.3 is 0 Å². The van der Waals surface area contributed by atoms with Crippen molar-refractivity contribution in [2.24, 2.45) is 0 Å². The van der Waals surface area contributed by atoms with E-state index in [1.54, 1.807) is 18.2 Å². The lowest BCUT2D eigenvalue weighted by molar-refractivity contribution is 0.0617. The highest BCUT2D eigenvalue weighted by atomic mass is 35.5. The molecular formula is C29H24ClFN2OS. The molecule has 1 heterocycles. The molecule has 3 aromatic carbocycles. The lowest BCUT2D eigenvalue weighted by Gasteiger charge is -2.34. The van der Waals surface area contributed by atoms with Gasteiger partial charge in [-0.15, -0.1) is 11.3 Å². The van der Waals surface area contributed by atoms with Crippen LogP contribution in [0.3, 0.4) is 0 Å². The minimum absolute atomic E-state index is 0.0514. The summed E-state index contributed by atoms with van der Waals surface area (Å²) in [6, 6.07) is 22.1. The van der Waals surface area contributed by atoms with E-state index in [-0.39, 0.29) is 24.3 Å². The molecule has 3 nitrogen and oxygen atoms in total. The van der Waals surface area contributed by atoms with Crippen LogP contribution in [-0.2, 0) is 6.54 Å². The molecule has 0 aliphatic heterocycles. The highest BCUT2D eigenvalue weighted by Gasteiger charge is 2.30. The Labute approximate surface area is 213 Å². The summed E-state index contributed by atoms with van der Waals surface area (Å²) < 4.78 is 16.0. The summed E-state index contributed by atoms with van der Waals surface area (Å²) in [5.41, 5.74) is 2.79. The first-order valence-corrected chi connectivity index (χ1v) is 13.0. The van der Waals surface area contributed by atoms with Crippen LogP contribution in [0, 0.1) is 17.1 Å². The predicted molar refractivity (Wildman–Crippen MR) is 140 cm³/mol. The maximum absolute atomic E-state index is 15.0. The predicted octanol–water partition coefficient (Wildman–Crippen LogP) is 8.21. The lowest BCUT2D eigenvalue weighted by atomic mass is 9.93. The second kappa shape index (κ2) is 10.2. The van der Waals surface area contributed by atoms with E-state index >= 15 is 4.39 Å². The summed E-state index contributed by atoms with van der Waals surface area (Å²) >= 11 is 8.06. The monoisotopic (exact) mass is 502 g/mol. The average molecular weight is 503 g/mol. The third-order valence-corrected chi connectivity index (χ3v) is 8.40. The number of hydrogen-bond acceptors (Lipinski definition) is 3. The zero-order chi connectivity index (χ0) is 24.4. The smallest absolute Gasteiger partial charge is 0.266 e. The molecule has 0 bridgehead atoms. The summed E-state index contributed by atoms with van der Waals surface area (Å²) in [5, 5.41) is 10.4. The minimum Gasteiger partial charge on any atom is -0.330 e. The van der Waals surface area contributed by atoms with Crippen molar-refractivity contribution in [1.82, 2.24) is 4.90 Å². The first-order chi connectivity index (χ1) is 17.0. The van der Waals surface area contributed by atoms with Gasteiger partial charge in [-0.3, -0.25) is 4.79 Å². The maximum Gasteiger partial charge on any atom is 0.266 e. The van der Waals surface area contributed by atoms with Crippen LogP contribution in [0.5, 0.6) is 0 Å². The number of rotatable bonds is 5. The number of fused-ring (bicyclic) bond motifs is 1. The molecular weight excluding hydrogens is 479 g/mol. The molecule has 1 fully saturated rings. The van der Waals surface area contributed by atoms with Gasteiger partial charge < -0.3 is 4.90 Å². The van der Waals surface area contributed by atoms with Gasteiger partial charge in [-0.25, -0.2) is 4.39 Å². The van der Waals surface area contributed by atoms with Crippen LogP contribution in [0.1, 0.15) is 52.9 Å². The van der Waals surface area contributed by atoms with E-state index in [0.29, 0.717) is 21.0 Å². The van der Waals surface area contributed by atoms with Gasteiger partial charge in [-0.05, 0) is 54.3 Å². The second-order valence-electron chi connectivity index (χ2n) is 8.96. The van der Waals surface area contributed by atoms with Crippen molar-refractivity contribution in [1.29, 1.82) is 5.26 Å². The van der Waals surface area contributed by atoms with Crippen molar-refractivity contribution in [2.45, 2.75) is 44.7 Å². The van der Waals surface area contributed by atoms with Gasteiger partial charge in [0.1, 0.15) is 10.7 Å². The van der Waals surface area contributed by atoms with E-state index in [4.69, 9.17) is 16.9 Å². The van der Waals surface area contributed by atoms with Crippen LogP contribution in [0.25, 0.3) is 21.2 Å². The number of nitriles is 1. The minimum atomic E-state index is -0.335. The topological polar surface area (TPSA) is 44.1 Å². The molecule has 0 unspecified atom stereocenters. The largest absolute Gasteiger partial charge is 0.330 e. The number of nitrogens with zero attached hydrogens (tertiary/aromatic N) is 2. The molecule has 1 aromatic heterocycles. The Kier molecular flexibility index (Phi) is 6.86. The fourth-order valence-corrected chi connectivity index (χ4v) is 6.31. The number of benzene rings is 3. The molecule has 0 radical (unpaired) electrons. The van der Waals surface area contributed by atoms with Crippen molar-refractivity contribution in [3.8, 4) is 17.2 Å². The SMILES string of the molecule is N#Cc1ccc(-c2ccc(F)c(CN(C(=O)c3sc4ccccc4c3Cl)C3CCCCC3)c2)cc1. The fraction of sp³-hybridized carbons (Fsp3) is 0.241. The number of carbonyl (C=O) groups excluding carboxylic acids is 1.